The lowest BCUT2D eigenvalue weighted by atomic mass is 10.1. The van der Waals surface area contributed by atoms with Crippen molar-refractivity contribution in [3.05, 3.63) is 70.6 Å². The number of nitrogens with one attached hydrogen (secondary N) is 1. The summed E-state index contributed by atoms with van der Waals surface area (Å²) in [4.78, 5) is 24.0. The Morgan fingerprint density at radius 2 is 1.86 bits per heavy atom. The van der Waals surface area contributed by atoms with Crippen LogP contribution in [0.2, 0.25) is 0 Å². The molecule has 0 radical (unpaired) electrons. The van der Waals surface area contributed by atoms with E-state index >= 15 is 0 Å². The second kappa shape index (κ2) is 5.99. The molecule has 1 heterocycles. The first-order chi connectivity index (χ1) is 10.6. The number of amides is 2. The van der Waals surface area contributed by atoms with Gasteiger partial charge in [0.1, 0.15) is 0 Å². The van der Waals surface area contributed by atoms with Crippen LogP contribution in [0, 0.1) is 0 Å². The maximum Gasteiger partial charge on any atom is 0.261 e. The molecule has 0 fully saturated rings. The van der Waals surface area contributed by atoms with Crippen LogP contribution < -0.4 is 11.1 Å². The van der Waals surface area contributed by atoms with Crippen molar-refractivity contribution in [2.45, 2.75) is 6.54 Å². The number of thiophene rings is 1. The van der Waals surface area contributed by atoms with E-state index in [4.69, 9.17) is 5.73 Å². The Bertz CT molecular complexity index is 821. The van der Waals surface area contributed by atoms with Gasteiger partial charge in [0, 0.05) is 16.8 Å². The van der Waals surface area contributed by atoms with Crippen molar-refractivity contribution in [2.24, 2.45) is 5.73 Å². The van der Waals surface area contributed by atoms with E-state index in [1.165, 1.54) is 11.3 Å². The SMILES string of the molecule is NC(=O)c1cccc(CNC(=O)c2cc3ccccc3s2)c1. The number of carbonyl (C=O) groups excluding carboxylic acids is 2. The molecule has 0 unspecified atom stereocenters. The van der Waals surface area contributed by atoms with E-state index in [0.29, 0.717) is 17.0 Å². The van der Waals surface area contributed by atoms with Crippen LogP contribution in [-0.2, 0) is 6.54 Å². The van der Waals surface area contributed by atoms with Gasteiger partial charge in [-0.25, -0.2) is 0 Å². The monoisotopic (exact) mass is 310 g/mol. The van der Waals surface area contributed by atoms with Crippen LogP contribution >= 0.6 is 11.3 Å². The summed E-state index contributed by atoms with van der Waals surface area (Å²) < 4.78 is 1.09. The van der Waals surface area contributed by atoms with E-state index in [1.54, 1.807) is 18.2 Å². The normalized spacial score (nSPS) is 10.5. The Morgan fingerprint density at radius 3 is 2.64 bits per heavy atom. The van der Waals surface area contributed by atoms with Crippen molar-refractivity contribution in [1.82, 2.24) is 5.32 Å². The fourth-order valence-corrected chi connectivity index (χ4v) is 3.18. The largest absolute Gasteiger partial charge is 0.366 e. The zero-order chi connectivity index (χ0) is 15.5. The van der Waals surface area contributed by atoms with E-state index in [0.717, 1.165) is 15.6 Å². The molecule has 5 heteroatoms. The second-order valence-electron chi connectivity index (χ2n) is 4.90. The van der Waals surface area contributed by atoms with Crippen LogP contribution in [0.5, 0.6) is 0 Å². The van der Waals surface area contributed by atoms with E-state index in [1.807, 2.05) is 36.4 Å². The quantitative estimate of drug-likeness (QED) is 0.777. The lowest BCUT2D eigenvalue weighted by Gasteiger charge is -2.05. The molecule has 3 N–H and O–H groups in total. The zero-order valence-corrected chi connectivity index (χ0v) is 12.5. The third kappa shape index (κ3) is 2.99. The average Bonchev–Trinajstić information content (AvgIpc) is 2.97. The van der Waals surface area contributed by atoms with Crippen LogP contribution in [0.25, 0.3) is 10.1 Å². The molecule has 0 aliphatic carbocycles. The van der Waals surface area contributed by atoms with Crippen LogP contribution in [0.4, 0.5) is 0 Å². The van der Waals surface area contributed by atoms with Gasteiger partial charge in [-0.2, -0.15) is 0 Å². The van der Waals surface area contributed by atoms with Gasteiger partial charge in [-0.15, -0.1) is 11.3 Å². The highest BCUT2D eigenvalue weighted by Gasteiger charge is 2.10. The van der Waals surface area contributed by atoms with Gasteiger partial charge < -0.3 is 11.1 Å². The number of rotatable bonds is 4. The highest BCUT2D eigenvalue weighted by Crippen LogP contribution is 2.25. The molecular weight excluding hydrogens is 296 g/mol. The fraction of sp³-hybridized carbons (Fsp3) is 0.0588. The molecule has 22 heavy (non-hydrogen) atoms. The first-order valence-electron chi connectivity index (χ1n) is 6.79. The lowest BCUT2D eigenvalue weighted by molar-refractivity contribution is 0.0954. The third-order valence-corrected chi connectivity index (χ3v) is 4.43. The van der Waals surface area contributed by atoms with Gasteiger partial charge in [0.2, 0.25) is 5.91 Å². The molecule has 0 aliphatic heterocycles. The van der Waals surface area contributed by atoms with E-state index in [9.17, 15) is 9.59 Å². The van der Waals surface area contributed by atoms with Crippen molar-refractivity contribution >= 4 is 33.2 Å². The summed E-state index contributed by atoms with van der Waals surface area (Å²) in [6.07, 6.45) is 0. The van der Waals surface area contributed by atoms with Crippen LogP contribution in [0.1, 0.15) is 25.6 Å². The molecule has 1 aromatic heterocycles. The third-order valence-electron chi connectivity index (χ3n) is 3.31. The fourth-order valence-electron chi connectivity index (χ4n) is 2.20. The summed E-state index contributed by atoms with van der Waals surface area (Å²) in [5.41, 5.74) is 6.53. The van der Waals surface area contributed by atoms with Crippen LogP contribution in [-0.4, -0.2) is 11.8 Å². The molecular formula is C17H14N2O2S. The minimum absolute atomic E-state index is 0.120. The number of hydrogen-bond acceptors (Lipinski definition) is 3. The maximum absolute atomic E-state index is 12.2. The molecule has 0 bridgehead atoms. The maximum atomic E-state index is 12.2. The standard InChI is InChI=1S/C17H14N2O2S/c18-16(20)13-6-3-4-11(8-13)10-19-17(21)15-9-12-5-1-2-7-14(12)22-15/h1-9H,10H2,(H2,18,20)(H,19,21). The van der Waals surface area contributed by atoms with Gasteiger partial charge in [0.05, 0.1) is 4.88 Å². The van der Waals surface area contributed by atoms with Gasteiger partial charge in [-0.3, -0.25) is 9.59 Å². The molecule has 2 aromatic carbocycles. The predicted octanol–water partition coefficient (Wildman–Crippen LogP) is 2.93. The molecule has 3 aromatic rings. The topological polar surface area (TPSA) is 72.2 Å². The zero-order valence-electron chi connectivity index (χ0n) is 11.7. The smallest absolute Gasteiger partial charge is 0.261 e. The highest BCUT2D eigenvalue weighted by molar-refractivity contribution is 7.20. The molecule has 2 amide bonds. The second-order valence-corrected chi connectivity index (χ2v) is 5.98. The minimum Gasteiger partial charge on any atom is -0.366 e. The van der Waals surface area contributed by atoms with E-state index < -0.39 is 5.91 Å². The molecule has 110 valence electrons. The molecule has 3 rings (SSSR count). The number of hydrogen-bond donors (Lipinski definition) is 2. The summed E-state index contributed by atoms with van der Waals surface area (Å²) in [6.45, 7) is 0.355. The minimum atomic E-state index is -0.474. The number of nitrogens with two attached hydrogens (primary N) is 1. The summed E-state index contributed by atoms with van der Waals surface area (Å²) >= 11 is 1.46. The highest BCUT2D eigenvalue weighted by atomic mass is 32.1. The van der Waals surface area contributed by atoms with Crippen molar-refractivity contribution in [2.75, 3.05) is 0 Å². The van der Waals surface area contributed by atoms with Crippen molar-refractivity contribution in [3.8, 4) is 0 Å². The van der Waals surface area contributed by atoms with Gasteiger partial charge in [0.25, 0.3) is 5.91 Å². The van der Waals surface area contributed by atoms with Crippen LogP contribution in [0.15, 0.2) is 54.6 Å². The lowest BCUT2D eigenvalue weighted by Crippen LogP contribution is -2.22. The number of fused-ring (bicyclic) bond motifs is 1. The Hall–Kier alpha value is -2.66. The van der Waals surface area contributed by atoms with Gasteiger partial charge in [0.15, 0.2) is 0 Å². The number of primary amides is 1. The van der Waals surface area contributed by atoms with Crippen molar-refractivity contribution in [1.29, 1.82) is 0 Å². The van der Waals surface area contributed by atoms with Crippen LogP contribution in [0.3, 0.4) is 0 Å². The Kier molecular flexibility index (Phi) is 3.89. The summed E-state index contributed by atoms with van der Waals surface area (Å²) in [5, 5.41) is 3.93. The van der Waals surface area contributed by atoms with E-state index in [-0.39, 0.29) is 5.91 Å². The van der Waals surface area contributed by atoms with Crippen molar-refractivity contribution in [3.63, 3.8) is 0 Å². The summed E-state index contributed by atoms with van der Waals surface area (Å²) in [5.74, 6) is -0.594. The molecule has 4 nitrogen and oxygen atoms in total. The number of carbonyl (C=O) groups is 2. The molecule has 0 saturated carbocycles. The summed E-state index contributed by atoms with van der Waals surface area (Å²) in [7, 11) is 0. The molecule has 0 spiro atoms. The first-order valence-corrected chi connectivity index (χ1v) is 7.60. The van der Waals surface area contributed by atoms with Gasteiger partial charge in [-0.05, 0) is 35.2 Å². The van der Waals surface area contributed by atoms with Gasteiger partial charge >= 0.3 is 0 Å². The molecule has 0 aliphatic rings. The molecule has 0 atom stereocenters. The molecule has 0 saturated heterocycles. The van der Waals surface area contributed by atoms with Crippen molar-refractivity contribution < 1.29 is 9.59 Å². The first kappa shape index (κ1) is 14.3. The van der Waals surface area contributed by atoms with Gasteiger partial charge in [-0.1, -0.05) is 30.3 Å². The average molecular weight is 310 g/mol. The number of benzene rings is 2. The Morgan fingerprint density at radius 1 is 1.05 bits per heavy atom. The summed E-state index contributed by atoms with van der Waals surface area (Å²) in [6, 6.07) is 16.7. The predicted molar refractivity (Wildman–Crippen MR) is 88.0 cm³/mol. The Balaban J connectivity index is 1.72. The Labute approximate surface area is 131 Å². The van der Waals surface area contributed by atoms with E-state index in [2.05, 4.69) is 5.32 Å².